The first-order valence-corrected chi connectivity index (χ1v) is 39.6. The van der Waals surface area contributed by atoms with E-state index in [1.807, 2.05) is 0 Å². The Morgan fingerprint density at radius 1 is 0.456 bits per heavy atom. The average molecular weight is 1340 g/mol. The predicted molar refractivity (Wildman–Crippen MR) is 438 cm³/mol. The van der Waals surface area contributed by atoms with Crippen molar-refractivity contribution in [3.05, 3.63) is 268 Å². The number of benzene rings is 9. The van der Waals surface area contributed by atoms with Crippen molar-refractivity contribution in [1.29, 1.82) is 0 Å². The van der Waals surface area contributed by atoms with Crippen molar-refractivity contribution in [2.45, 2.75) is 171 Å². The van der Waals surface area contributed by atoms with Gasteiger partial charge in [0.25, 0.3) is 6.71 Å². The number of hydrogen-bond acceptors (Lipinski definition) is 3. The average Bonchev–Trinajstić information content (AvgIpc) is 0.694. The summed E-state index contributed by atoms with van der Waals surface area (Å²) < 4.78 is 0. The maximum absolute atomic E-state index is 2.97. The fourth-order valence-electron chi connectivity index (χ4n) is 22.1. The van der Waals surface area contributed by atoms with Crippen LogP contribution in [0, 0.1) is 51.8 Å². The zero-order chi connectivity index (χ0) is 70.1. The number of nitrogens with zero attached hydrogens (tertiary/aromatic N) is 3. The fraction of sp³-hybridized carbons (Fsp3) is 0.354. The summed E-state index contributed by atoms with van der Waals surface area (Å²) in [7, 11) is 0. The van der Waals surface area contributed by atoms with E-state index in [1.165, 1.54) is 179 Å². The summed E-state index contributed by atoms with van der Waals surface area (Å²) in [4.78, 5) is 8.42. The third-order valence-corrected chi connectivity index (χ3v) is 27.4. The van der Waals surface area contributed by atoms with E-state index in [2.05, 4.69) is 310 Å². The standard InChI is InChI=1S/C99H100BN3/c1-96(2,3)72-44-66-23-25-68-46-74(98(7,8)9)54-83-81(50-70(48-72)91(66)93(68)83)64-31-37-87-85(52-64)100-86-53-65(82-51-71-49-73(97(4,5)6)45-67-24-26-69-47-75(99(10,11)12)55-84(82)94(69)92(67)71)32-38-88(86)103(77-35-29-63(30-36-77)61-21-17-14-18-22-61)90-57-80(101-78-40-58-39-59(42-78)43-79(101)41-58)56-89(95(90)100)102(87)76-33-27-62(28-34-76)60-19-15-13-16-20-60/h13-23,25,27-38,46-48,50-59,66-67,73,78-79,91,93H,24,26,39-45,49H2,1-12H3. The number of rotatable bonds is 7. The molecule has 514 valence electrons. The van der Waals surface area contributed by atoms with Gasteiger partial charge in [-0.1, -0.05) is 246 Å². The molecular weight excluding hydrogens is 1240 g/mol. The molecule has 4 fully saturated rings. The number of aryl methyl sites for hydroxylation is 1. The lowest BCUT2D eigenvalue weighted by molar-refractivity contribution is 0.0900. The molecule has 0 N–H and O–H groups in total. The highest BCUT2D eigenvalue weighted by Crippen LogP contribution is 2.60. The molecule has 0 spiro atoms. The molecule has 4 heterocycles. The van der Waals surface area contributed by atoms with E-state index in [4.69, 9.17) is 0 Å². The van der Waals surface area contributed by atoms with E-state index in [-0.39, 0.29) is 34.3 Å². The molecule has 5 unspecified atom stereocenters. The molecule has 4 aliphatic heterocycles. The molecule has 9 aromatic carbocycles. The first-order chi connectivity index (χ1) is 49.5. The van der Waals surface area contributed by atoms with Crippen LogP contribution in [-0.2, 0) is 18.3 Å². The van der Waals surface area contributed by atoms with Crippen LogP contribution in [0.4, 0.5) is 39.8 Å². The highest BCUT2D eigenvalue weighted by Gasteiger charge is 2.51. The molecular formula is C99H100BN3. The zero-order valence-electron chi connectivity index (χ0n) is 62.9. The van der Waals surface area contributed by atoms with Crippen LogP contribution in [-0.4, -0.2) is 18.8 Å². The Labute approximate surface area is 614 Å². The topological polar surface area (TPSA) is 9.72 Å². The van der Waals surface area contributed by atoms with Crippen LogP contribution in [0.25, 0.3) is 49.7 Å². The number of allylic oxidation sites excluding steroid dienone is 12. The lowest BCUT2D eigenvalue weighted by atomic mass is 9.33. The summed E-state index contributed by atoms with van der Waals surface area (Å²) in [6.07, 6.45) is 28.2. The van der Waals surface area contributed by atoms with Gasteiger partial charge >= 0.3 is 0 Å². The lowest BCUT2D eigenvalue weighted by Crippen LogP contribution is -2.62. The Morgan fingerprint density at radius 3 is 1.62 bits per heavy atom. The maximum atomic E-state index is 2.97. The number of piperidine rings is 2. The van der Waals surface area contributed by atoms with Gasteiger partial charge in [-0.3, -0.25) is 0 Å². The number of anilines is 7. The van der Waals surface area contributed by atoms with Crippen molar-refractivity contribution in [3.63, 3.8) is 0 Å². The van der Waals surface area contributed by atoms with E-state index in [0.717, 1.165) is 31.1 Å². The molecule has 3 nitrogen and oxygen atoms in total. The van der Waals surface area contributed by atoms with E-state index >= 15 is 0 Å². The summed E-state index contributed by atoms with van der Waals surface area (Å²) in [6.45, 7) is 29.2. The second-order valence-corrected chi connectivity index (χ2v) is 37.7. The molecule has 4 bridgehead atoms. The second-order valence-electron chi connectivity index (χ2n) is 37.7. The van der Waals surface area contributed by atoms with Crippen LogP contribution in [0.3, 0.4) is 0 Å². The first kappa shape index (κ1) is 63.8. The minimum Gasteiger partial charge on any atom is -0.365 e. The van der Waals surface area contributed by atoms with Gasteiger partial charge in [0, 0.05) is 63.7 Å². The van der Waals surface area contributed by atoms with Crippen molar-refractivity contribution in [3.8, 4) is 33.4 Å². The van der Waals surface area contributed by atoms with Crippen molar-refractivity contribution in [1.82, 2.24) is 0 Å². The van der Waals surface area contributed by atoms with Gasteiger partial charge in [0.05, 0.1) is 0 Å². The first-order valence-electron chi connectivity index (χ1n) is 39.6. The van der Waals surface area contributed by atoms with Gasteiger partial charge in [0.1, 0.15) is 0 Å². The molecule has 21 rings (SSSR count). The quantitative estimate of drug-likeness (QED) is 0.147. The fourth-order valence-corrected chi connectivity index (χ4v) is 22.1. The van der Waals surface area contributed by atoms with Crippen LogP contribution in [0.15, 0.2) is 240 Å². The van der Waals surface area contributed by atoms with Gasteiger partial charge in [-0.25, -0.2) is 0 Å². The monoisotopic (exact) mass is 1340 g/mol. The Balaban J connectivity index is 0.879. The molecule has 0 amide bonds. The molecule has 8 aliphatic carbocycles. The van der Waals surface area contributed by atoms with Gasteiger partial charge in [-0.2, -0.15) is 0 Å². The summed E-state index contributed by atoms with van der Waals surface area (Å²) in [5, 5.41) is 3.01. The SMILES string of the molecule is CC(C)(C)C1=CC2=C(c3ccc4c(c3)B3c5cc(-c6cc7c8c9c(cc(C(C)(C)C)cc69)CCC8CC(C(C)(C)C)C7)ccc5N(c5ccc(-c6ccccc6)cc5)c5cc(N6C7CC8CC(C7)CC6C8)cc(c53)N4c3ccc(-c4ccccc4)cc3)C=C3C=C(C(C)(C)C)CC4C=CC(=C1)C2C34. The van der Waals surface area contributed by atoms with E-state index < -0.39 is 0 Å². The zero-order valence-corrected chi connectivity index (χ0v) is 62.9. The predicted octanol–water partition coefficient (Wildman–Crippen LogP) is 24.0. The van der Waals surface area contributed by atoms with Crippen molar-refractivity contribution < 1.29 is 0 Å². The van der Waals surface area contributed by atoms with Crippen molar-refractivity contribution in [2.75, 3.05) is 14.7 Å². The van der Waals surface area contributed by atoms with Crippen LogP contribution in [0.1, 0.15) is 168 Å². The summed E-state index contributed by atoms with van der Waals surface area (Å²) in [5.74, 6) is 4.03. The third kappa shape index (κ3) is 10.2. The Kier molecular flexibility index (Phi) is 14.1. The van der Waals surface area contributed by atoms with Crippen LogP contribution >= 0.6 is 0 Å². The maximum Gasteiger partial charge on any atom is 0.252 e. The molecule has 12 aliphatic rings. The minimum absolute atomic E-state index is 0.00941. The van der Waals surface area contributed by atoms with E-state index in [0.29, 0.717) is 35.8 Å². The minimum atomic E-state index is -0.114. The Bertz CT molecular complexity index is 5210. The Morgan fingerprint density at radius 2 is 1.04 bits per heavy atom. The molecule has 4 heteroatoms. The highest BCUT2D eigenvalue weighted by atomic mass is 15.2. The summed E-state index contributed by atoms with van der Waals surface area (Å²) >= 11 is 0. The second kappa shape index (κ2) is 22.8. The van der Waals surface area contributed by atoms with E-state index in [9.17, 15) is 0 Å². The van der Waals surface area contributed by atoms with Gasteiger partial charge in [-0.05, 0) is 286 Å². The summed E-state index contributed by atoms with van der Waals surface area (Å²) in [6, 6.07) is 71.5. The molecule has 5 atom stereocenters. The van der Waals surface area contributed by atoms with Crippen LogP contribution in [0.2, 0.25) is 0 Å². The van der Waals surface area contributed by atoms with Crippen molar-refractivity contribution in [2.24, 2.45) is 51.8 Å². The smallest absolute Gasteiger partial charge is 0.252 e. The van der Waals surface area contributed by atoms with Crippen LogP contribution < -0.4 is 31.1 Å². The molecule has 2 saturated heterocycles. The molecule has 0 aromatic heterocycles. The van der Waals surface area contributed by atoms with Gasteiger partial charge in [-0.15, -0.1) is 0 Å². The van der Waals surface area contributed by atoms with Gasteiger partial charge in [0.15, 0.2) is 0 Å². The van der Waals surface area contributed by atoms with Gasteiger partial charge < -0.3 is 14.7 Å². The lowest BCUT2D eigenvalue weighted by Gasteiger charge is -2.58. The van der Waals surface area contributed by atoms with Crippen LogP contribution in [0.5, 0.6) is 0 Å². The molecule has 0 radical (unpaired) electrons. The number of hydrogen-bond donors (Lipinski definition) is 0. The normalized spacial score (nSPS) is 24.7. The van der Waals surface area contributed by atoms with Gasteiger partial charge in [0.2, 0.25) is 0 Å². The molecule has 2 saturated carbocycles. The van der Waals surface area contributed by atoms with E-state index in [1.54, 1.807) is 27.6 Å². The number of fused-ring (bicyclic) bond motifs is 4. The van der Waals surface area contributed by atoms with Crippen molar-refractivity contribution >= 4 is 79.3 Å². The molecule has 9 aromatic rings. The Hall–Kier alpha value is -8.86. The largest absolute Gasteiger partial charge is 0.365 e. The highest BCUT2D eigenvalue weighted by molar-refractivity contribution is 7.00. The third-order valence-electron chi connectivity index (χ3n) is 27.4. The molecule has 103 heavy (non-hydrogen) atoms. The summed E-state index contributed by atoms with van der Waals surface area (Å²) in [5.41, 5.74) is 37.3.